The van der Waals surface area contributed by atoms with Gasteiger partial charge in [0.1, 0.15) is 6.61 Å². The van der Waals surface area contributed by atoms with Crippen LogP contribution in [0.2, 0.25) is 0 Å². The summed E-state index contributed by atoms with van der Waals surface area (Å²) in [5, 5.41) is 10.9. The van der Waals surface area contributed by atoms with Gasteiger partial charge in [-0.15, -0.1) is 0 Å². The summed E-state index contributed by atoms with van der Waals surface area (Å²) in [7, 11) is 1.20. The van der Waals surface area contributed by atoms with Crippen LogP contribution in [-0.4, -0.2) is 24.8 Å². The first kappa shape index (κ1) is 14.4. The van der Waals surface area contributed by atoms with E-state index in [0.717, 1.165) is 4.47 Å². The fourth-order valence-corrected chi connectivity index (χ4v) is 1.81. The Morgan fingerprint density at radius 3 is 2.78 bits per heavy atom. The van der Waals surface area contributed by atoms with Crippen LogP contribution in [0.3, 0.4) is 0 Å². The lowest BCUT2D eigenvalue weighted by atomic mass is 10.0. The largest absolute Gasteiger partial charge is 0.507 e. The number of hydrogen-bond donors (Lipinski definition) is 0. The third-order valence-corrected chi connectivity index (χ3v) is 2.83. The zero-order chi connectivity index (χ0) is 13.7. The Labute approximate surface area is 112 Å². The van der Waals surface area contributed by atoms with Gasteiger partial charge < -0.3 is 9.47 Å². The number of nitro benzene ring substituents is 1. The van der Waals surface area contributed by atoms with E-state index in [1.54, 1.807) is 19.1 Å². The van der Waals surface area contributed by atoms with Crippen LogP contribution in [0.25, 0.3) is 0 Å². The molecule has 0 saturated heterocycles. The minimum atomic E-state index is -0.806. The molecular formula is C11H12BrNO5. The average Bonchev–Trinajstić information content (AvgIpc) is 2.34. The Morgan fingerprint density at radius 2 is 2.22 bits per heavy atom. The number of hydrogen-bond acceptors (Lipinski definition) is 5. The molecule has 6 nitrogen and oxygen atoms in total. The first-order valence-electron chi connectivity index (χ1n) is 5.10. The van der Waals surface area contributed by atoms with E-state index in [1.807, 2.05) is 0 Å². The Morgan fingerprint density at radius 1 is 1.56 bits per heavy atom. The molecule has 0 aliphatic carbocycles. The van der Waals surface area contributed by atoms with Crippen LogP contribution in [0.1, 0.15) is 18.4 Å². The molecule has 0 amide bonds. The molecular weight excluding hydrogens is 306 g/mol. The maximum Gasteiger partial charge on any atom is 0.507 e. The number of nitro groups is 1. The van der Waals surface area contributed by atoms with Crippen molar-refractivity contribution in [3.05, 3.63) is 38.3 Å². The van der Waals surface area contributed by atoms with Crippen molar-refractivity contribution in [3.8, 4) is 0 Å². The minimum Gasteiger partial charge on any atom is -0.438 e. The highest BCUT2D eigenvalue weighted by atomic mass is 79.9. The Balaban J connectivity index is 2.89. The van der Waals surface area contributed by atoms with Gasteiger partial charge in [-0.2, -0.15) is 0 Å². The van der Waals surface area contributed by atoms with Gasteiger partial charge >= 0.3 is 6.16 Å². The molecule has 0 radical (unpaired) electrons. The molecule has 7 heteroatoms. The predicted octanol–water partition coefficient (Wildman–Crippen LogP) is 3.24. The molecule has 0 fully saturated rings. The number of methoxy groups -OCH3 is 1. The lowest BCUT2D eigenvalue weighted by molar-refractivity contribution is -0.385. The summed E-state index contributed by atoms with van der Waals surface area (Å²) in [6.07, 6.45) is -0.806. The first-order chi connectivity index (χ1) is 8.45. The average molecular weight is 318 g/mol. The van der Waals surface area contributed by atoms with Gasteiger partial charge in [-0.25, -0.2) is 4.79 Å². The predicted molar refractivity (Wildman–Crippen MR) is 67.6 cm³/mol. The minimum absolute atomic E-state index is 0.000772. The number of carbonyl (C=O) groups excluding carboxylic acids is 1. The second kappa shape index (κ2) is 6.34. The molecule has 1 unspecified atom stereocenters. The third kappa shape index (κ3) is 3.69. The van der Waals surface area contributed by atoms with Crippen LogP contribution in [0.5, 0.6) is 0 Å². The molecule has 0 aliphatic rings. The summed E-state index contributed by atoms with van der Waals surface area (Å²) < 4.78 is 9.85. The second-order valence-electron chi connectivity index (χ2n) is 3.63. The van der Waals surface area contributed by atoms with Crippen LogP contribution in [0, 0.1) is 10.1 Å². The van der Waals surface area contributed by atoms with Gasteiger partial charge in [0.15, 0.2) is 0 Å². The molecule has 98 valence electrons. The Hall–Kier alpha value is -1.63. The van der Waals surface area contributed by atoms with Gasteiger partial charge in [0.05, 0.1) is 12.0 Å². The maximum absolute atomic E-state index is 10.9. The maximum atomic E-state index is 10.9. The van der Waals surface area contributed by atoms with E-state index in [4.69, 9.17) is 4.74 Å². The summed E-state index contributed by atoms with van der Waals surface area (Å²) in [5.41, 5.74) is 0.498. The summed E-state index contributed by atoms with van der Waals surface area (Å²) >= 11 is 3.25. The van der Waals surface area contributed by atoms with E-state index in [2.05, 4.69) is 20.7 Å². The fourth-order valence-electron chi connectivity index (χ4n) is 1.43. The van der Waals surface area contributed by atoms with Crippen molar-refractivity contribution in [2.24, 2.45) is 0 Å². The normalized spacial score (nSPS) is 11.7. The number of carbonyl (C=O) groups is 1. The van der Waals surface area contributed by atoms with Gasteiger partial charge in [-0.05, 0) is 12.1 Å². The molecule has 0 spiro atoms. The highest BCUT2D eigenvalue weighted by Gasteiger charge is 2.20. The molecule has 1 rings (SSSR count). The van der Waals surface area contributed by atoms with Crippen LogP contribution in [-0.2, 0) is 9.47 Å². The van der Waals surface area contributed by atoms with Crippen LogP contribution < -0.4 is 0 Å². The standard InChI is InChI=1S/C11H12BrNO5/c1-7(6-18-11(14)17-2)9-5-8(12)3-4-10(9)13(15)16/h3-5,7H,6H2,1-2H3. The van der Waals surface area contributed by atoms with Crippen molar-refractivity contribution in [1.82, 2.24) is 0 Å². The van der Waals surface area contributed by atoms with Crippen LogP contribution in [0.4, 0.5) is 10.5 Å². The van der Waals surface area contributed by atoms with E-state index < -0.39 is 11.1 Å². The van der Waals surface area contributed by atoms with Gasteiger partial charge in [0.2, 0.25) is 0 Å². The van der Waals surface area contributed by atoms with E-state index in [0.29, 0.717) is 5.56 Å². The van der Waals surface area contributed by atoms with E-state index in [9.17, 15) is 14.9 Å². The van der Waals surface area contributed by atoms with Crippen LogP contribution >= 0.6 is 15.9 Å². The van der Waals surface area contributed by atoms with E-state index in [1.165, 1.54) is 13.2 Å². The molecule has 0 bridgehead atoms. The fraction of sp³-hybridized carbons (Fsp3) is 0.364. The van der Waals surface area contributed by atoms with Crippen molar-refractivity contribution < 1.29 is 19.2 Å². The Bertz CT molecular complexity index is 463. The van der Waals surface area contributed by atoms with Crippen molar-refractivity contribution in [2.45, 2.75) is 12.8 Å². The van der Waals surface area contributed by atoms with Gasteiger partial charge in [0, 0.05) is 22.0 Å². The van der Waals surface area contributed by atoms with Crippen LogP contribution in [0.15, 0.2) is 22.7 Å². The third-order valence-electron chi connectivity index (χ3n) is 2.34. The molecule has 1 aromatic carbocycles. The monoisotopic (exact) mass is 317 g/mol. The molecule has 1 atom stereocenters. The topological polar surface area (TPSA) is 78.7 Å². The highest BCUT2D eigenvalue weighted by molar-refractivity contribution is 9.10. The molecule has 0 aromatic heterocycles. The quantitative estimate of drug-likeness (QED) is 0.484. The van der Waals surface area contributed by atoms with Gasteiger partial charge in [-0.3, -0.25) is 10.1 Å². The number of nitrogens with zero attached hydrogens (tertiary/aromatic N) is 1. The summed E-state index contributed by atoms with van der Waals surface area (Å²) in [6.45, 7) is 1.75. The molecule has 0 saturated carbocycles. The number of benzene rings is 1. The van der Waals surface area contributed by atoms with Gasteiger partial charge in [0.25, 0.3) is 5.69 Å². The number of ether oxygens (including phenoxy) is 2. The lowest BCUT2D eigenvalue weighted by Gasteiger charge is -2.12. The molecule has 0 N–H and O–H groups in total. The molecule has 18 heavy (non-hydrogen) atoms. The molecule has 1 aromatic rings. The summed E-state index contributed by atoms with van der Waals surface area (Å²) in [6, 6.07) is 4.65. The first-order valence-corrected chi connectivity index (χ1v) is 5.89. The lowest BCUT2D eigenvalue weighted by Crippen LogP contribution is -2.12. The molecule has 0 aliphatic heterocycles. The smallest absolute Gasteiger partial charge is 0.438 e. The number of rotatable bonds is 4. The van der Waals surface area contributed by atoms with E-state index >= 15 is 0 Å². The Kier molecular flexibility index (Phi) is 5.08. The summed E-state index contributed by atoms with van der Waals surface area (Å²) in [4.78, 5) is 21.3. The van der Waals surface area contributed by atoms with E-state index in [-0.39, 0.29) is 18.2 Å². The molecule has 0 heterocycles. The zero-order valence-corrected chi connectivity index (χ0v) is 11.5. The number of halogens is 1. The van der Waals surface area contributed by atoms with Crippen molar-refractivity contribution >= 4 is 27.8 Å². The van der Waals surface area contributed by atoms with Gasteiger partial charge in [-0.1, -0.05) is 22.9 Å². The van der Waals surface area contributed by atoms with Crippen molar-refractivity contribution in [2.75, 3.05) is 13.7 Å². The summed E-state index contributed by atoms with van der Waals surface area (Å²) in [5.74, 6) is -0.304. The zero-order valence-electron chi connectivity index (χ0n) is 9.88. The second-order valence-corrected chi connectivity index (χ2v) is 4.54. The SMILES string of the molecule is COC(=O)OCC(C)c1cc(Br)ccc1[N+](=O)[O-]. The van der Waals surface area contributed by atoms with Crippen molar-refractivity contribution in [1.29, 1.82) is 0 Å². The van der Waals surface area contributed by atoms with Crippen molar-refractivity contribution in [3.63, 3.8) is 0 Å². The highest BCUT2D eigenvalue weighted by Crippen LogP contribution is 2.29.